The molecule has 0 heterocycles. The summed E-state index contributed by atoms with van der Waals surface area (Å²) in [4.78, 5) is 2.13. The summed E-state index contributed by atoms with van der Waals surface area (Å²) in [5.41, 5.74) is 7.11. The van der Waals surface area contributed by atoms with E-state index in [1.54, 1.807) is 12.1 Å². The normalized spacial score (nSPS) is 13.8. The minimum absolute atomic E-state index is 0.0578. The van der Waals surface area contributed by atoms with E-state index in [2.05, 4.69) is 22.3 Å². The quantitative estimate of drug-likeness (QED) is 0.320. The Balaban J connectivity index is 2.65. The number of nitrogens with zero attached hydrogens (tertiary/aromatic N) is 2. The van der Waals surface area contributed by atoms with Crippen LogP contribution in [0.3, 0.4) is 0 Å². The predicted octanol–water partition coefficient (Wildman–Crippen LogP) is 1.47. The summed E-state index contributed by atoms with van der Waals surface area (Å²) in [6, 6.07) is 5.74. The molecule has 106 valence electrons. The smallest absolute Gasteiger partial charge is 0.170 e. The summed E-state index contributed by atoms with van der Waals surface area (Å²) in [5, 5.41) is 15.6. The Bertz CT molecular complexity index is 448. The van der Waals surface area contributed by atoms with E-state index in [9.17, 15) is 0 Å². The summed E-state index contributed by atoms with van der Waals surface area (Å²) < 4.78 is 0. The number of hydrogen-bond acceptors (Lipinski definition) is 4. The number of likely N-dealkylation sites (N-methyl/N-ethyl adjacent to an activating group) is 1. The highest BCUT2D eigenvalue weighted by atomic mass is 35.5. The molecule has 5 nitrogen and oxygen atoms in total. The average Bonchev–Trinajstić information content (AvgIpc) is 2.35. The first-order chi connectivity index (χ1) is 8.93. The molecule has 0 spiro atoms. The third kappa shape index (κ3) is 5.06. The van der Waals surface area contributed by atoms with Gasteiger partial charge in [0, 0.05) is 29.7 Å². The van der Waals surface area contributed by atoms with E-state index in [-0.39, 0.29) is 5.84 Å². The lowest BCUT2D eigenvalue weighted by Gasteiger charge is -2.18. The Morgan fingerprint density at radius 2 is 2.21 bits per heavy atom. The standard InChI is InChI=1S/C13H21ClN4O/c1-9(8-18(2)3)16-7-11-5-4-10(6-12(11)14)13(15)17-19/h4-6,9,16,19H,7-8H2,1-3H3,(H2,15,17). The second-order valence-electron chi connectivity index (χ2n) is 4.84. The average molecular weight is 285 g/mol. The van der Waals surface area contributed by atoms with Crippen LogP contribution in [0.4, 0.5) is 0 Å². The first kappa shape index (κ1) is 15.8. The zero-order chi connectivity index (χ0) is 14.4. The number of halogens is 1. The Morgan fingerprint density at radius 3 is 2.74 bits per heavy atom. The molecule has 0 amide bonds. The second-order valence-corrected chi connectivity index (χ2v) is 5.24. The SMILES string of the molecule is CC(CN(C)C)NCc1ccc(/C(N)=N/O)cc1Cl. The van der Waals surface area contributed by atoms with Gasteiger partial charge in [-0.1, -0.05) is 28.9 Å². The lowest BCUT2D eigenvalue weighted by atomic mass is 10.1. The molecule has 0 fully saturated rings. The van der Waals surface area contributed by atoms with Crippen molar-refractivity contribution >= 4 is 17.4 Å². The molecule has 1 aromatic carbocycles. The molecule has 0 aliphatic heterocycles. The molecule has 0 saturated carbocycles. The van der Waals surface area contributed by atoms with Crippen LogP contribution in [0.25, 0.3) is 0 Å². The Labute approximate surface area is 119 Å². The molecule has 19 heavy (non-hydrogen) atoms. The molecule has 1 rings (SSSR count). The van der Waals surface area contributed by atoms with Gasteiger partial charge >= 0.3 is 0 Å². The summed E-state index contributed by atoms with van der Waals surface area (Å²) in [7, 11) is 4.08. The molecule has 0 aromatic heterocycles. The van der Waals surface area contributed by atoms with Crippen molar-refractivity contribution in [2.24, 2.45) is 10.9 Å². The highest BCUT2D eigenvalue weighted by Gasteiger charge is 2.07. The molecule has 0 radical (unpaired) electrons. The van der Waals surface area contributed by atoms with Crippen LogP contribution >= 0.6 is 11.6 Å². The third-order valence-electron chi connectivity index (χ3n) is 2.74. The molecule has 1 unspecified atom stereocenters. The van der Waals surface area contributed by atoms with Gasteiger partial charge in [-0.3, -0.25) is 0 Å². The summed E-state index contributed by atoms with van der Waals surface area (Å²) in [6.45, 7) is 3.77. The predicted molar refractivity (Wildman–Crippen MR) is 78.8 cm³/mol. The maximum absolute atomic E-state index is 8.61. The van der Waals surface area contributed by atoms with Crippen molar-refractivity contribution in [2.75, 3.05) is 20.6 Å². The molecular formula is C13H21ClN4O. The van der Waals surface area contributed by atoms with Gasteiger partial charge in [-0.25, -0.2) is 0 Å². The molecule has 4 N–H and O–H groups in total. The molecule has 6 heteroatoms. The number of nitrogens with two attached hydrogens (primary N) is 1. The minimum Gasteiger partial charge on any atom is -0.409 e. The van der Waals surface area contributed by atoms with Gasteiger partial charge in [0.1, 0.15) is 0 Å². The van der Waals surface area contributed by atoms with Gasteiger partial charge in [0.15, 0.2) is 5.84 Å². The molecule has 0 aliphatic carbocycles. The van der Waals surface area contributed by atoms with Crippen LogP contribution in [0.2, 0.25) is 5.02 Å². The third-order valence-corrected chi connectivity index (χ3v) is 3.09. The van der Waals surface area contributed by atoms with Crippen LogP contribution in [0, 0.1) is 0 Å². The van der Waals surface area contributed by atoms with Crippen LogP contribution in [-0.4, -0.2) is 42.6 Å². The van der Waals surface area contributed by atoms with Gasteiger partial charge < -0.3 is 21.2 Å². The maximum Gasteiger partial charge on any atom is 0.170 e. The second kappa shape index (κ2) is 7.33. The van der Waals surface area contributed by atoms with Crippen molar-refractivity contribution in [3.63, 3.8) is 0 Å². The topological polar surface area (TPSA) is 73.9 Å². The van der Waals surface area contributed by atoms with Crippen molar-refractivity contribution in [2.45, 2.75) is 19.5 Å². The molecule has 0 saturated heterocycles. The first-order valence-corrected chi connectivity index (χ1v) is 6.46. The van der Waals surface area contributed by atoms with Crippen molar-refractivity contribution in [3.8, 4) is 0 Å². The number of nitrogens with one attached hydrogen (secondary N) is 1. The largest absolute Gasteiger partial charge is 0.409 e. The highest BCUT2D eigenvalue weighted by Crippen LogP contribution is 2.18. The lowest BCUT2D eigenvalue weighted by Crippen LogP contribution is -2.35. The zero-order valence-corrected chi connectivity index (χ0v) is 12.3. The van der Waals surface area contributed by atoms with Crippen LogP contribution in [0.15, 0.2) is 23.4 Å². The van der Waals surface area contributed by atoms with E-state index in [1.807, 2.05) is 20.2 Å². The van der Waals surface area contributed by atoms with Crippen LogP contribution in [0.5, 0.6) is 0 Å². The molecule has 1 aromatic rings. The Morgan fingerprint density at radius 1 is 1.53 bits per heavy atom. The highest BCUT2D eigenvalue weighted by molar-refractivity contribution is 6.31. The maximum atomic E-state index is 8.61. The fourth-order valence-corrected chi connectivity index (χ4v) is 2.05. The van der Waals surface area contributed by atoms with Gasteiger partial charge in [-0.15, -0.1) is 0 Å². The number of rotatable bonds is 6. The molecular weight excluding hydrogens is 264 g/mol. The van der Waals surface area contributed by atoms with E-state index in [0.717, 1.165) is 12.1 Å². The van der Waals surface area contributed by atoms with Crippen molar-refractivity contribution in [3.05, 3.63) is 34.3 Å². The van der Waals surface area contributed by atoms with Crippen LogP contribution in [-0.2, 0) is 6.54 Å². The van der Waals surface area contributed by atoms with E-state index >= 15 is 0 Å². The fourth-order valence-electron chi connectivity index (χ4n) is 1.80. The van der Waals surface area contributed by atoms with Gasteiger partial charge in [0.25, 0.3) is 0 Å². The monoisotopic (exact) mass is 284 g/mol. The van der Waals surface area contributed by atoms with E-state index in [4.69, 9.17) is 22.5 Å². The number of hydrogen-bond donors (Lipinski definition) is 3. The van der Waals surface area contributed by atoms with Crippen LogP contribution in [0.1, 0.15) is 18.1 Å². The summed E-state index contributed by atoms with van der Waals surface area (Å²) in [6.07, 6.45) is 0. The fraction of sp³-hybridized carbons (Fsp3) is 0.462. The molecule has 0 bridgehead atoms. The molecule has 1 atom stereocenters. The molecule has 0 aliphatic rings. The Hall–Kier alpha value is -1.30. The van der Waals surface area contributed by atoms with Gasteiger partial charge in [0.05, 0.1) is 0 Å². The van der Waals surface area contributed by atoms with E-state index in [1.165, 1.54) is 0 Å². The summed E-state index contributed by atoms with van der Waals surface area (Å²) in [5.74, 6) is 0.0578. The van der Waals surface area contributed by atoms with E-state index in [0.29, 0.717) is 23.2 Å². The Kier molecular flexibility index (Phi) is 6.08. The number of amidine groups is 1. The van der Waals surface area contributed by atoms with Crippen LogP contribution < -0.4 is 11.1 Å². The lowest BCUT2D eigenvalue weighted by molar-refractivity contribution is 0.318. The van der Waals surface area contributed by atoms with Crippen molar-refractivity contribution in [1.29, 1.82) is 0 Å². The first-order valence-electron chi connectivity index (χ1n) is 6.08. The summed E-state index contributed by atoms with van der Waals surface area (Å²) >= 11 is 6.18. The van der Waals surface area contributed by atoms with Gasteiger partial charge in [0.2, 0.25) is 0 Å². The number of oxime groups is 1. The van der Waals surface area contributed by atoms with Crippen molar-refractivity contribution in [1.82, 2.24) is 10.2 Å². The zero-order valence-electron chi connectivity index (χ0n) is 11.5. The van der Waals surface area contributed by atoms with Gasteiger partial charge in [-0.05, 0) is 32.6 Å². The van der Waals surface area contributed by atoms with E-state index < -0.39 is 0 Å². The minimum atomic E-state index is 0.0578. The number of benzene rings is 1. The van der Waals surface area contributed by atoms with Gasteiger partial charge in [-0.2, -0.15) is 0 Å². The van der Waals surface area contributed by atoms with Crippen molar-refractivity contribution < 1.29 is 5.21 Å².